The monoisotopic (exact) mass is 256 g/mol. The highest BCUT2D eigenvalue weighted by Gasteiger charge is 2.10. The van der Waals surface area contributed by atoms with Crippen LogP contribution in [0.1, 0.15) is 13.0 Å². The maximum Gasteiger partial charge on any atom is 0.178 e. The van der Waals surface area contributed by atoms with Gasteiger partial charge in [-0.05, 0) is 37.3 Å². The second-order valence-corrected chi connectivity index (χ2v) is 4.59. The lowest BCUT2D eigenvalue weighted by molar-refractivity contribution is 0.163. The van der Waals surface area contributed by atoms with Crippen molar-refractivity contribution in [2.24, 2.45) is 0 Å². The number of H-pyrrole nitrogens is 1. The van der Waals surface area contributed by atoms with Gasteiger partial charge in [0.05, 0.1) is 23.7 Å². The Bertz CT molecular complexity index is 561. The molecule has 0 spiro atoms. The number of imidazole rings is 1. The fourth-order valence-electron chi connectivity index (χ4n) is 1.85. The van der Waals surface area contributed by atoms with Crippen LogP contribution in [0.3, 0.4) is 0 Å². The normalized spacial score (nSPS) is 13.2. The highest BCUT2D eigenvalue weighted by atomic mass is 35.5. The Morgan fingerprint density at radius 3 is 3.00 bits per heavy atom. The van der Waals surface area contributed by atoms with Crippen LogP contribution in [0, 0.1) is 4.77 Å². The molecule has 1 heterocycles. The predicted octanol–water partition coefficient (Wildman–Crippen LogP) is 3.56. The third kappa shape index (κ3) is 2.00. The summed E-state index contributed by atoms with van der Waals surface area (Å²) in [6.45, 7) is 2.68. The molecule has 1 unspecified atom stereocenters. The molecule has 0 amide bonds. The molecule has 1 atom stereocenters. The number of methoxy groups -OCH3 is 1. The molecule has 2 aromatic rings. The first-order valence-corrected chi connectivity index (χ1v) is 5.81. The van der Waals surface area contributed by atoms with Gasteiger partial charge < -0.3 is 14.3 Å². The molecule has 1 aromatic carbocycles. The molecule has 3 nitrogen and oxygen atoms in total. The molecule has 0 bridgehead atoms. The molecule has 0 radical (unpaired) electrons. The van der Waals surface area contributed by atoms with Gasteiger partial charge in [-0.25, -0.2) is 0 Å². The van der Waals surface area contributed by atoms with Gasteiger partial charge in [0.15, 0.2) is 4.77 Å². The molecule has 0 fully saturated rings. The highest BCUT2D eigenvalue weighted by molar-refractivity contribution is 7.71. The van der Waals surface area contributed by atoms with Gasteiger partial charge in [-0.3, -0.25) is 0 Å². The summed E-state index contributed by atoms with van der Waals surface area (Å²) in [5, 5.41) is 0.708. The number of aromatic amines is 1. The van der Waals surface area contributed by atoms with Crippen LogP contribution in [-0.4, -0.2) is 23.3 Å². The van der Waals surface area contributed by atoms with E-state index in [9.17, 15) is 0 Å². The molecule has 0 aliphatic carbocycles. The van der Waals surface area contributed by atoms with Gasteiger partial charge in [0.1, 0.15) is 0 Å². The van der Waals surface area contributed by atoms with Gasteiger partial charge >= 0.3 is 0 Å². The second-order valence-electron chi connectivity index (χ2n) is 3.77. The van der Waals surface area contributed by atoms with Crippen molar-refractivity contribution < 1.29 is 4.74 Å². The summed E-state index contributed by atoms with van der Waals surface area (Å²) < 4.78 is 7.87. The van der Waals surface area contributed by atoms with Crippen LogP contribution in [0.2, 0.25) is 5.02 Å². The van der Waals surface area contributed by atoms with Crippen molar-refractivity contribution in [3.8, 4) is 0 Å². The predicted molar refractivity (Wildman–Crippen MR) is 68.7 cm³/mol. The zero-order valence-corrected chi connectivity index (χ0v) is 10.7. The maximum absolute atomic E-state index is 5.99. The maximum atomic E-state index is 5.99. The Morgan fingerprint density at radius 1 is 1.56 bits per heavy atom. The van der Waals surface area contributed by atoms with Crippen molar-refractivity contribution in [1.82, 2.24) is 9.55 Å². The van der Waals surface area contributed by atoms with Gasteiger partial charge in [0, 0.05) is 12.1 Å². The summed E-state index contributed by atoms with van der Waals surface area (Å²) in [4.78, 5) is 3.16. The molecule has 16 heavy (non-hydrogen) atoms. The number of halogens is 1. The zero-order valence-electron chi connectivity index (χ0n) is 9.16. The van der Waals surface area contributed by atoms with Gasteiger partial charge in [-0.15, -0.1) is 0 Å². The van der Waals surface area contributed by atoms with E-state index < -0.39 is 0 Å². The lowest BCUT2D eigenvalue weighted by Crippen LogP contribution is -2.10. The average molecular weight is 257 g/mol. The molecule has 86 valence electrons. The first kappa shape index (κ1) is 11.6. The first-order valence-electron chi connectivity index (χ1n) is 5.02. The van der Waals surface area contributed by atoms with Crippen LogP contribution in [-0.2, 0) is 4.74 Å². The fraction of sp³-hybridized carbons (Fsp3) is 0.364. The number of hydrogen-bond acceptors (Lipinski definition) is 2. The summed E-state index contributed by atoms with van der Waals surface area (Å²) in [5.41, 5.74) is 2.01. The van der Waals surface area contributed by atoms with Crippen LogP contribution in [0.15, 0.2) is 18.2 Å². The standard InChI is InChI=1S/C11H13ClN2OS/c1-7(6-15-2)14-10-5-8(12)3-4-9(10)13-11(14)16/h3-5,7H,6H2,1-2H3,(H,13,16). The summed E-state index contributed by atoms with van der Waals surface area (Å²) in [6.07, 6.45) is 0. The first-order chi connectivity index (χ1) is 7.63. The summed E-state index contributed by atoms with van der Waals surface area (Å²) in [5.74, 6) is 0. The minimum Gasteiger partial charge on any atom is -0.383 e. The van der Waals surface area contributed by atoms with E-state index in [2.05, 4.69) is 11.9 Å². The van der Waals surface area contributed by atoms with Crippen molar-refractivity contribution in [2.75, 3.05) is 13.7 Å². The van der Waals surface area contributed by atoms with Crippen molar-refractivity contribution in [3.05, 3.63) is 28.0 Å². The summed E-state index contributed by atoms with van der Waals surface area (Å²) >= 11 is 11.3. The smallest absolute Gasteiger partial charge is 0.178 e. The van der Waals surface area contributed by atoms with Crippen molar-refractivity contribution in [1.29, 1.82) is 0 Å². The van der Waals surface area contributed by atoms with E-state index >= 15 is 0 Å². The van der Waals surface area contributed by atoms with Gasteiger partial charge in [-0.1, -0.05) is 11.6 Å². The third-order valence-corrected chi connectivity index (χ3v) is 3.06. The largest absolute Gasteiger partial charge is 0.383 e. The summed E-state index contributed by atoms with van der Waals surface area (Å²) in [6, 6.07) is 5.88. The molecule has 2 rings (SSSR count). The Kier molecular flexibility index (Phi) is 3.33. The van der Waals surface area contributed by atoms with E-state index in [1.807, 2.05) is 22.8 Å². The zero-order chi connectivity index (χ0) is 11.7. The highest BCUT2D eigenvalue weighted by Crippen LogP contribution is 2.22. The van der Waals surface area contributed by atoms with Crippen LogP contribution in [0.5, 0.6) is 0 Å². The molecule has 1 N–H and O–H groups in total. The topological polar surface area (TPSA) is 29.9 Å². The molecular weight excluding hydrogens is 244 g/mol. The van der Waals surface area contributed by atoms with E-state index in [0.717, 1.165) is 11.0 Å². The van der Waals surface area contributed by atoms with Crippen molar-refractivity contribution in [2.45, 2.75) is 13.0 Å². The van der Waals surface area contributed by atoms with Crippen molar-refractivity contribution >= 4 is 34.9 Å². The van der Waals surface area contributed by atoms with Gasteiger partial charge in [0.25, 0.3) is 0 Å². The van der Waals surface area contributed by atoms with E-state index in [1.165, 1.54) is 0 Å². The number of fused-ring (bicyclic) bond motifs is 1. The lowest BCUT2D eigenvalue weighted by atomic mass is 10.3. The minimum absolute atomic E-state index is 0.185. The van der Waals surface area contributed by atoms with E-state index in [-0.39, 0.29) is 6.04 Å². The number of rotatable bonds is 3. The van der Waals surface area contributed by atoms with E-state index in [4.69, 9.17) is 28.6 Å². The van der Waals surface area contributed by atoms with E-state index in [1.54, 1.807) is 7.11 Å². The molecule has 0 saturated heterocycles. The lowest BCUT2D eigenvalue weighted by Gasteiger charge is -2.13. The Labute approximate surface area is 104 Å². The Morgan fingerprint density at radius 2 is 2.31 bits per heavy atom. The second kappa shape index (κ2) is 4.57. The molecular formula is C11H13ClN2OS. The minimum atomic E-state index is 0.185. The number of ether oxygens (including phenoxy) is 1. The van der Waals surface area contributed by atoms with Crippen LogP contribution in [0.4, 0.5) is 0 Å². The van der Waals surface area contributed by atoms with Gasteiger partial charge in [-0.2, -0.15) is 0 Å². The molecule has 0 saturated carbocycles. The van der Waals surface area contributed by atoms with Crippen LogP contribution < -0.4 is 0 Å². The van der Waals surface area contributed by atoms with Gasteiger partial charge in [0.2, 0.25) is 0 Å². The Balaban J connectivity index is 2.62. The number of nitrogens with one attached hydrogen (secondary N) is 1. The van der Waals surface area contributed by atoms with Crippen LogP contribution >= 0.6 is 23.8 Å². The Hall–Kier alpha value is -0.840. The number of benzene rings is 1. The SMILES string of the molecule is COCC(C)n1c(=S)[nH]c2ccc(Cl)cc21. The average Bonchev–Trinajstić information content (AvgIpc) is 2.53. The molecule has 1 aromatic heterocycles. The third-order valence-electron chi connectivity index (χ3n) is 2.53. The van der Waals surface area contributed by atoms with Crippen molar-refractivity contribution in [3.63, 3.8) is 0 Å². The number of nitrogens with zero attached hydrogens (tertiary/aromatic N) is 1. The quantitative estimate of drug-likeness (QED) is 0.851. The number of aromatic nitrogens is 2. The van der Waals surface area contributed by atoms with E-state index in [0.29, 0.717) is 16.4 Å². The molecule has 0 aliphatic heterocycles. The number of hydrogen-bond donors (Lipinski definition) is 1. The fourth-order valence-corrected chi connectivity index (χ4v) is 2.40. The molecule has 0 aliphatic rings. The summed E-state index contributed by atoms with van der Waals surface area (Å²) in [7, 11) is 1.68. The molecule has 5 heteroatoms. The van der Waals surface area contributed by atoms with Crippen LogP contribution in [0.25, 0.3) is 11.0 Å².